The second kappa shape index (κ2) is 6.72. The molecule has 3 N–H and O–H groups in total. The topological polar surface area (TPSA) is 83.6 Å². The van der Waals surface area contributed by atoms with Gasteiger partial charge in [-0.1, -0.05) is 37.3 Å². The number of benzene rings is 1. The second-order valence-electron chi connectivity index (χ2n) is 5.69. The maximum atomic E-state index is 12.2. The van der Waals surface area contributed by atoms with Gasteiger partial charge in [0.05, 0.1) is 0 Å². The standard InChI is InChI=1S/C16H22N2O3/c1-11-9-10-18(15(11)16(20)21)14(19)8-7-13(17)12-5-3-2-4-6-12/h2-6,11,13,15H,7-10,17H2,1H3,(H,20,21). The number of carboxylic acid groups (broad SMARTS) is 1. The summed E-state index contributed by atoms with van der Waals surface area (Å²) in [6, 6.07) is 8.74. The maximum Gasteiger partial charge on any atom is 0.326 e. The third-order valence-corrected chi connectivity index (χ3v) is 4.17. The molecule has 1 heterocycles. The minimum atomic E-state index is -0.916. The molecule has 2 rings (SSSR count). The van der Waals surface area contributed by atoms with Gasteiger partial charge in [-0.25, -0.2) is 4.79 Å². The highest BCUT2D eigenvalue weighted by Crippen LogP contribution is 2.26. The molecule has 1 amide bonds. The molecule has 1 fully saturated rings. The minimum absolute atomic E-state index is 0.00856. The van der Waals surface area contributed by atoms with Crippen molar-refractivity contribution in [2.75, 3.05) is 6.54 Å². The predicted molar refractivity (Wildman–Crippen MR) is 79.5 cm³/mol. The number of nitrogens with two attached hydrogens (primary N) is 1. The van der Waals surface area contributed by atoms with E-state index in [9.17, 15) is 14.7 Å². The number of carbonyl (C=O) groups is 2. The van der Waals surface area contributed by atoms with E-state index in [0.29, 0.717) is 13.0 Å². The second-order valence-corrected chi connectivity index (χ2v) is 5.69. The van der Waals surface area contributed by atoms with Gasteiger partial charge in [-0.3, -0.25) is 4.79 Å². The zero-order valence-corrected chi connectivity index (χ0v) is 12.2. The Bertz CT molecular complexity index is 504. The van der Waals surface area contributed by atoms with E-state index in [1.165, 1.54) is 4.90 Å². The number of amides is 1. The molecular formula is C16H22N2O3. The quantitative estimate of drug-likeness (QED) is 0.866. The first-order valence-electron chi connectivity index (χ1n) is 7.33. The van der Waals surface area contributed by atoms with Gasteiger partial charge in [0.2, 0.25) is 5.91 Å². The van der Waals surface area contributed by atoms with Gasteiger partial charge in [0.15, 0.2) is 0 Å². The fourth-order valence-electron chi connectivity index (χ4n) is 2.89. The number of nitrogens with zero attached hydrogens (tertiary/aromatic N) is 1. The SMILES string of the molecule is CC1CCN(C(=O)CCC(N)c2ccccc2)C1C(=O)O. The fraction of sp³-hybridized carbons (Fsp3) is 0.500. The van der Waals surface area contributed by atoms with Crippen molar-refractivity contribution in [2.24, 2.45) is 11.7 Å². The van der Waals surface area contributed by atoms with Crippen LogP contribution in [0.3, 0.4) is 0 Å². The van der Waals surface area contributed by atoms with Crippen molar-refractivity contribution in [2.45, 2.75) is 38.3 Å². The van der Waals surface area contributed by atoms with E-state index < -0.39 is 12.0 Å². The molecule has 0 saturated carbocycles. The first-order valence-corrected chi connectivity index (χ1v) is 7.33. The number of rotatable bonds is 5. The molecule has 0 bridgehead atoms. The van der Waals surface area contributed by atoms with Crippen LogP contribution in [-0.4, -0.2) is 34.5 Å². The zero-order valence-electron chi connectivity index (χ0n) is 12.2. The Morgan fingerprint density at radius 3 is 2.67 bits per heavy atom. The van der Waals surface area contributed by atoms with E-state index in [2.05, 4.69) is 0 Å². The van der Waals surface area contributed by atoms with Crippen LogP contribution in [0.5, 0.6) is 0 Å². The molecule has 0 aliphatic carbocycles. The molecule has 114 valence electrons. The highest BCUT2D eigenvalue weighted by atomic mass is 16.4. The normalized spacial score (nSPS) is 23.0. The van der Waals surface area contributed by atoms with Gasteiger partial charge < -0.3 is 15.7 Å². The molecule has 1 aliphatic heterocycles. The van der Waals surface area contributed by atoms with Crippen LogP contribution in [0, 0.1) is 5.92 Å². The van der Waals surface area contributed by atoms with Crippen LogP contribution in [0.1, 0.15) is 37.8 Å². The Balaban J connectivity index is 1.91. The lowest BCUT2D eigenvalue weighted by atomic mass is 10.0. The largest absolute Gasteiger partial charge is 0.480 e. The Labute approximate surface area is 124 Å². The van der Waals surface area contributed by atoms with E-state index in [-0.39, 0.29) is 24.3 Å². The molecule has 5 nitrogen and oxygen atoms in total. The maximum absolute atomic E-state index is 12.2. The first kappa shape index (κ1) is 15.5. The Morgan fingerprint density at radius 2 is 2.05 bits per heavy atom. The first-order chi connectivity index (χ1) is 10.0. The van der Waals surface area contributed by atoms with Crippen molar-refractivity contribution in [1.29, 1.82) is 0 Å². The number of hydrogen-bond acceptors (Lipinski definition) is 3. The van der Waals surface area contributed by atoms with Crippen LogP contribution < -0.4 is 5.73 Å². The highest BCUT2D eigenvalue weighted by Gasteiger charge is 2.39. The monoisotopic (exact) mass is 290 g/mol. The third-order valence-electron chi connectivity index (χ3n) is 4.17. The molecule has 1 aliphatic rings. The molecule has 5 heteroatoms. The summed E-state index contributed by atoms with van der Waals surface area (Å²) in [6.07, 6.45) is 1.56. The molecule has 21 heavy (non-hydrogen) atoms. The van der Waals surface area contributed by atoms with Gasteiger partial charge in [0.25, 0.3) is 0 Å². The van der Waals surface area contributed by atoms with Crippen molar-refractivity contribution in [3.63, 3.8) is 0 Å². The van der Waals surface area contributed by atoms with Crippen molar-refractivity contribution in [1.82, 2.24) is 4.90 Å². The molecular weight excluding hydrogens is 268 g/mol. The summed E-state index contributed by atoms with van der Waals surface area (Å²) in [4.78, 5) is 25.0. The summed E-state index contributed by atoms with van der Waals surface area (Å²) in [7, 11) is 0. The zero-order chi connectivity index (χ0) is 15.4. The van der Waals surface area contributed by atoms with Crippen molar-refractivity contribution < 1.29 is 14.7 Å². The van der Waals surface area contributed by atoms with Crippen LogP contribution in [0.4, 0.5) is 0 Å². The number of carboxylic acids is 1. The highest BCUT2D eigenvalue weighted by molar-refractivity contribution is 5.84. The Hall–Kier alpha value is -1.88. The van der Waals surface area contributed by atoms with Gasteiger partial charge in [0, 0.05) is 19.0 Å². The summed E-state index contributed by atoms with van der Waals surface area (Å²) >= 11 is 0. The summed E-state index contributed by atoms with van der Waals surface area (Å²) in [6.45, 7) is 2.40. The van der Waals surface area contributed by atoms with Crippen LogP contribution >= 0.6 is 0 Å². The predicted octanol–water partition coefficient (Wildman–Crippen LogP) is 1.79. The van der Waals surface area contributed by atoms with Crippen molar-refractivity contribution in [3.8, 4) is 0 Å². The van der Waals surface area contributed by atoms with Crippen molar-refractivity contribution >= 4 is 11.9 Å². The summed E-state index contributed by atoms with van der Waals surface area (Å²) < 4.78 is 0. The fourth-order valence-corrected chi connectivity index (χ4v) is 2.89. The van der Waals surface area contributed by atoms with Crippen LogP contribution in [0.25, 0.3) is 0 Å². The van der Waals surface area contributed by atoms with Crippen LogP contribution in [0.2, 0.25) is 0 Å². The molecule has 1 aromatic carbocycles. The Kier molecular flexibility index (Phi) is 4.96. The van der Waals surface area contributed by atoms with Crippen LogP contribution in [-0.2, 0) is 9.59 Å². The smallest absolute Gasteiger partial charge is 0.326 e. The van der Waals surface area contributed by atoms with E-state index >= 15 is 0 Å². The molecule has 3 atom stereocenters. The molecule has 0 aromatic heterocycles. The van der Waals surface area contributed by atoms with Gasteiger partial charge >= 0.3 is 5.97 Å². The average molecular weight is 290 g/mol. The molecule has 1 saturated heterocycles. The molecule has 3 unspecified atom stereocenters. The van der Waals surface area contributed by atoms with Gasteiger partial charge in [-0.2, -0.15) is 0 Å². The van der Waals surface area contributed by atoms with Gasteiger partial charge in [-0.05, 0) is 24.3 Å². The van der Waals surface area contributed by atoms with Gasteiger partial charge in [0.1, 0.15) is 6.04 Å². The van der Waals surface area contributed by atoms with E-state index in [0.717, 1.165) is 12.0 Å². The minimum Gasteiger partial charge on any atom is -0.480 e. The van der Waals surface area contributed by atoms with Crippen molar-refractivity contribution in [3.05, 3.63) is 35.9 Å². The number of carbonyl (C=O) groups excluding carboxylic acids is 1. The lowest BCUT2D eigenvalue weighted by Crippen LogP contribution is -2.42. The average Bonchev–Trinajstić information content (AvgIpc) is 2.87. The lowest BCUT2D eigenvalue weighted by Gasteiger charge is -2.24. The molecule has 0 radical (unpaired) electrons. The summed E-state index contributed by atoms with van der Waals surface area (Å²) in [5.74, 6) is -1.02. The third kappa shape index (κ3) is 3.61. The lowest BCUT2D eigenvalue weighted by molar-refractivity contribution is -0.149. The number of likely N-dealkylation sites (tertiary alicyclic amines) is 1. The number of hydrogen-bond donors (Lipinski definition) is 2. The van der Waals surface area contributed by atoms with Gasteiger partial charge in [-0.15, -0.1) is 0 Å². The van der Waals surface area contributed by atoms with E-state index in [1.54, 1.807) is 0 Å². The molecule has 1 aromatic rings. The molecule has 0 spiro atoms. The number of aliphatic carboxylic acids is 1. The van der Waals surface area contributed by atoms with E-state index in [4.69, 9.17) is 5.73 Å². The van der Waals surface area contributed by atoms with Crippen LogP contribution in [0.15, 0.2) is 30.3 Å². The summed E-state index contributed by atoms with van der Waals surface area (Å²) in [5.41, 5.74) is 7.07. The summed E-state index contributed by atoms with van der Waals surface area (Å²) in [5, 5.41) is 9.24. The Morgan fingerprint density at radius 1 is 1.38 bits per heavy atom. The van der Waals surface area contributed by atoms with E-state index in [1.807, 2.05) is 37.3 Å².